The first kappa shape index (κ1) is 20.4. The molecule has 2 N–H and O–H groups in total. The molecule has 0 bridgehead atoms. The highest BCUT2D eigenvalue weighted by Crippen LogP contribution is 2.16. The third-order valence-corrected chi connectivity index (χ3v) is 4.05. The first-order chi connectivity index (χ1) is 12.9. The summed E-state index contributed by atoms with van der Waals surface area (Å²) in [5, 5.41) is 9.15. The molecule has 2 aromatic rings. The number of carbonyl (C=O) groups is 2. The van der Waals surface area contributed by atoms with E-state index in [0.29, 0.717) is 37.6 Å². The van der Waals surface area contributed by atoms with Crippen molar-refractivity contribution >= 4 is 11.9 Å². The van der Waals surface area contributed by atoms with Crippen LogP contribution >= 0.6 is 0 Å². The zero-order valence-electron chi connectivity index (χ0n) is 15.4. The van der Waals surface area contributed by atoms with Gasteiger partial charge in [-0.25, -0.2) is 0 Å². The van der Waals surface area contributed by atoms with Gasteiger partial charge in [-0.2, -0.15) is 0 Å². The first-order valence-electron chi connectivity index (χ1n) is 8.81. The fourth-order valence-corrected chi connectivity index (χ4v) is 2.57. The van der Waals surface area contributed by atoms with Gasteiger partial charge in [0.15, 0.2) is 0 Å². The molecule has 8 heteroatoms. The Kier molecular flexibility index (Phi) is 7.36. The molecule has 8 nitrogen and oxygen atoms in total. The van der Waals surface area contributed by atoms with E-state index >= 15 is 0 Å². The molecule has 0 radical (unpaired) electrons. The lowest BCUT2D eigenvalue weighted by Crippen LogP contribution is -2.40. The van der Waals surface area contributed by atoms with E-state index in [-0.39, 0.29) is 12.1 Å². The third kappa shape index (κ3) is 5.55. The van der Waals surface area contributed by atoms with E-state index in [9.17, 15) is 14.4 Å². The number of aliphatic carboxylic acids is 1. The van der Waals surface area contributed by atoms with E-state index < -0.39 is 23.4 Å². The van der Waals surface area contributed by atoms with Crippen molar-refractivity contribution in [2.24, 2.45) is 5.92 Å². The van der Waals surface area contributed by atoms with Crippen molar-refractivity contribution in [2.75, 3.05) is 26.3 Å². The number of hydrogen-bond donors (Lipinski definition) is 2. The Morgan fingerprint density at radius 2 is 2.11 bits per heavy atom. The molecule has 2 heterocycles. The minimum Gasteiger partial charge on any atom is -0.481 e. The number of rotatable bonds is 10. The molecule has 0 aliphatic carbocycles. The van der Waals surface area contributed by atoms with Gasteiger partial charge in [-0.05, 0) is 37.6 Å². The van der Waals surface area contributed by atoms with Gasteiger partial charge >= 0.3 is 5.97 Å². The van der Waals surface area contributed by atoms with Crippen LogP contribution in [-0.2, 0) is 9.53 Å². The highest BCUT2D eigenvalue weighted by molar-refractivity contribution is 5.94. The van der Waals surface area contributed by atoms with Crippen LogP contribution in [0.25, 0.3) is 11.5 Å². The molecule has 0 aliphatic rings. The predicted octanol–water partition coefficient (Wildman–Crippen LogP) is 2.22. The van der Waals surface area contributed by atoms with Gasteiger partial charge in [-0.15, -0.1) is 0 Å². The normalized spacial score (nSPS) is 11.9. The molecule has 0 aliphatic heterocycles. The maximum absolute atomic E-state index is 12.8. The average molecular weight is 376 g/mol. The fourth-order valence-electron chi connectivity index (χ4n) is 2.57. The molecule has 2 aromatic heterocycles. The largest absolute Gasteiger partial charge is 0.481 e. The molecule has 146 valence electrons. The number of H-pyrrole nitrogens is 1. The van der Waals surface area contributed by atoms with Crippen LogP contribution in [-0.4, -0.2) is 53.2 Å². The molecule has 1 unspecified atom stereocenters. The molecule has 0 fully saturated rings. The average Bonchev–Trinajstić information content (AvgIpc) is 3.18. The Hall–Kier alpha value is -2.87. The molecular weight excluding hydrogens is 352 g/mol. The fraction of sp³-hybridized carbons (Fsp3) is 0.421. The monoisotopic (exact) mass is 376 g/mol. The summed E-state index contributed by atoms with van der Waals surface area (Å²) in [7, 11) is 0. The number of amides is 1. The number of nitrogens with zero attached hydrogens (tertiary/aromatic N) is 1. The molecule has 0 saturated carbocycles. The Balaban J connectivity index is 2.19. The molecular formula is C19H24N2O6. The number of ether oxygens (including phenoxy) is 1. The van der Waals surface area contributed by atoms with Gasteiger partial charge in [0.1, 0.15) is 11.3 Å². The van der Waals surface area contributed by atoms with Crippen LogP contribution in [0.1, 0.15) is 30.6 Å². The highest BCUT2D eigenvalue weighted by Gasteiger charge is 2.23. The van der Waals surface area contributed by atoms with Crippen molar-refractivity contribution in [2.45, 2.75) is 20.3 Å². The Morgan fingerprint density at radius 1 is 1.33 bits per heavy atom. The zero-order chi connectivity index (χ0) is 19.8. The number of aromatic nitrogens is 1. The summed E-state index contributed by atoms with van der Waals surface area (Å²) in [5.41, 5.74) is -0.130. The van der Waals surface area contributed by atoms with Gasteiger partial charge in [0.2, 0.25) is 0 Å². The molecule has 2 rings (SSSR count). The second-order valence-electron chi connectivity index (χ2n) is 6.13. The van der Waals surface area contributed by atoms with E-state index in [4.69, 9.17) is 14.3 Å². The first-order valence-corrected chi connectivity index (χ1v) is 8.81. The van der Waals surface area contributed by atoms with Crippen molar-refractivity contribution < 1.29 is 23.8 Å². The van der Waals surface area contributed by atoms with Crippen molar-refractivity contribution in [1.82, 2.24) is 9.88 Å². The van der Waals surface area contributed by atoms with Crippen LogP contribution in [0.4, 0.5) is 0 Å². The number of aromatic amines is 1. The van der Waals surface area contributed by atoms with Gasteiger partial charge in [0.05, 0.1) is 17.9 Å². The van der Waals surface area contributed by atoms with E-state index in [2.05, 4.69) is 4.98 Å². The van der Waals surface area contributed by atoms with Crippen molar-refractivity contribution in [3.63, 3.8) is 0 Å². The third-order valence-electron chi connectivity index (χ3n) is 4.05. The summed E-state index contributed by atoms with van der Waals surface area (Å²) in [6.45, 7) is 4.73. The summed E-state index contributed by atoms with van der Waals surface area (Å²) in [5.74, 6) is -1.77. The quantitative estimate of drug-likeness (QED) is 0.615. The number of furan rings is 1. The van der Waals surface area contributed by atoms with Crippen LogP contribution in [0.2, 0.25) is 0 Å². The van der Waals surface area contributed by atoms with Gasteiger partial charge in [0, 0.05) is 26.3 Å². The molecule has 1 atom stereocenters. The summed E-state index contributed by atoms with van der Waals surface area (Å²) in [6.07, 6.45) is 2.04. The van der Waals surface area contributed by atoms with Crippen molar-refractivity contribution in [1.29, 1.82) is 0 Å². The maximum atomic E-state index is 12.8. The zero-order valence-corrected chi connectivity index (χ0v) is 15.4. The Morgan fingerprint density at radius 3 is 2.70 bits per heavy atom. The van der Waals surface area contributed by atoms with E-state index in [0.717, 1.165) is 0 Å². The van der Waals surface area contributed by atoms with E-state index in [1.165, 1.54) is 24.2 Å². The summed E-state index contributed by atoms with van der Waals surface area (Å²) >= 11 is 0. The van der Waals surface area contributed by atoms with Gasteiger partial charge in [-0.1, -0.05) is 6.92 Å². The molecule has 0 spiro atoms. The van der Waals surface area contributed by atoms with Crippen molar-refractivity contribution in [3.8, 4) is 11.5 Å². The summed E-state index contributed by atoms with van der Waals surface area (Å²) in [6, 6.07) is 6.41. The minimum atomic E-state index is -1.00. The number of hydrogen-bond acceptors (Lipinski definition) is 5. The van der Waals surface area contributed by atoms with Crippen LogP contribution in [0.3, 0.4) is 0 Å². The van der Waals surface area contributed by atoms with Gasteiger partial charge in [0.25, 0.3) is 11.5 Å². The van der Waals surface area contributed by atoms with Gasteiger partial charge in [-0.3, -0.25) is 14.4 Å². The number of carbonyl (C=O) groups excluding carboxylic acids is 1. The standard InChI is InChI=1S/C19H24N2O6/c1-3-26-10-5-9-21(12-13(2)19(24)25)18(23)14-7-8-15(20-17(14)22)16-6-4-11-27-16/h4,6-8,11,13H,3,5,9-10,12H2,1-2H3,(H,20,22)(H,24,25). The lowest BCUT2D eigenvalue weighted by Gasteiger charge is -2.24. The number of pyridine rings is 1. The maximum Gasteiger partial charge on any atom is 0.308 e. The highest BCUT2D eigenvalue weighted by atomic mass is 16.5. The second kappa shape index (κ2) is 9.72. The van der Waals surface area contributed by atoms with Crippen LogP contribution in [0.15, 0.2) is 39.7 Å². The lowest BCUT2D eigenvalue weighted by atomic mass is 10.1. The summed E-state index contributed by atoms with van der Waals surface area (Å²) < 4.78 is 10.5. The number of carboxylic acid groups (broad SMARTS) is 1. The number of carboxylic acids is 1. The minimum absolute atomic E-state index is 0.0136. The molecule has 0 aromatic carbocycles. The Labute approximate surface area is 156 Å². The van der Waals surface area contributed by atoms with Crippen LogP contribution < -0.4 is 5.56 Å². The van der Waals surface area contributed by atoms with Gasteiger partial charge < -0.3 is 24.1 Å². The van der Waals surface area contributed by atoms with Crippen LogP contribution in [0.5, 0.6) is 0 Å². The second-order valence-corrected chi connectivity index (χ2v) is 6.13. The van der Waals surface area contributed by atoms with E-state index in [1.54, 1.807) is 18.2 Å². The predicted molar refractivity (Wildman–Crippen MR) is 98.6 cm³/mol. The number of nitrogens with one attached hydrogen (secondary N) is 1. The topological polar surface area (TPSA) is 113 Å². The molecule has 27 heavy (non-hydrogen) atoms. The SMILES string of the molecule is CCOCCCN(CC(C)C(=O)O)C(=O)c1ccc(-c2ccco2)[nH]c1=O. The van der Waals surface area contributed by atoms with Crippen LogP contribution in [0, 0.1) is 5.92 Å². The molecule has 1 amide bonds. The summed E-state index contributed by atoms with van der Waals surface area (Å²) in [4.78, 5) is 40.4. The smallest absolute Gasteiger partial charge is 0.308 e. The van der Waals surface area contributed by atoms with E-state index in [1.807, 2.05) is 6.92 Å². The lowest BCUT2D eigenvalue weighted by molar-refractivity contribution is -0.141. The van der Waals surface area contributed by atoms with Crippen molar-refractivity contribution in [3.05, 3.63) is 46.4 Å². The molecule has 0 saturated heterocycles. The Bertz CT molecular complexity index is 812.